The second-order valence-electron chi connectivity index (χ2n) is 6.04. The quantitative estimate of drug-likeness (QED) is 0.809. The summed E-state index contributed by atoms with van der Waals surface area (Å²) in [6.45, 7) is 13.0. The third-order valence-corrected chi connectivity index (χ3v) is 4.64. The molecule has 2 rings (SSSR count). The lowest BCUT2D eigenvalue weighted by Gasteiger charge is -2.22. The van der Waals surface area contributed by atoms with E-state index < -0.39 is 0 Å². The van der Waals surface area contributed by atoms with E-state index in [1.165, 1.54) is 11.1 Å². The van der Waals surface area contributed by atoms with Gasteiger partial charge in [0.2, 0.25) is 0 Å². The maximum atomic E-state index is 5.97. The Hall–Kier alpha value is -0.740. The number of benzene rings is 1. The van der Waals surface area contributed by atoms with Crippen molar-refractivity contribution in [2.45, 2.75) is 52.5 Å². The predicted octanol–water partition coefficient (Wildman–Crippen LogP) is 4.58. The Balaban J connectivity index is 2.64. The van der Waals surface area contributed by atoms with E-state index in [1.54, 1.807) is 0 Å². The molecule has 0 bridgehead atoms. The SMILES string of the molecule is CCNC1CC(C)(C)c2c(Br)cc(OCC)c(OCC)c21. The Kier molecular flexibility index (Phi) is 5.20. The Morgan fingerprint density at radius 2 is 1.90 bits per heavy atom. The van der Waals surface area contributed by atoms with Gasteiger partial charge < -0.3 is 14.8 Å². The highest BCUT2D eigenvalue weighted by Gasteiger charge is 2.41. The van der Waals surface area contributed by atoms with Crippen LogP contribution < -0.4 is 14.8 Å². The first kappa shape index (κ1) is 16.6. The predicted molar refractivity (Wildman–Crippen MR) is 90.5 cm³/mol. The van der Waals surface area contributed by atoms with E-state index in [0.717, 1.165) is 28.9 Å². The molecule has 1 aromatic carbocycles. The van der Waals surface area contributed by atoms with Crippen LogP contribution in [-0.4, -0.2) is 19.8 Å². The lowest BCUT2D eigenvalue weighted by molar-refractivity contribution is 0.283. The molecule has 4 heteroatoms. The van der Waals surface area contributed by atoms with Gasteiger partial charge in [-0.05, 0) is 43.9 Å². The summed E-state index contributed by atoms with van der Waals surface area (Å²) in [4.78, 5) is 0. The molecule has 0 amide bonds. The van der Waals surface area contributed by atoms with Crippen molar-refractivity contribution in [1.82, 2.24) is 5.32 Å². The molecular formula is C17H26BrNO2. The summed E-state index contributed by atoms with van der Waals surface area (Å²) in [6, 6.07) is 2.38. The summed E-state index contributed by atoms with van der Waals surface area (Å²) in [6.07, 6.45) is 1.07. The second-order valence-corrected chi connectivity index (χ2v) is 6.89. The van der Waals surface area contributed by atoms with Gasteiger partial charge in [0.1, 0.15) is 0 Å². The summed E-state index contributed by atoms with van der Waals surface area (Å²) in [5.41, 5.74) is 2.74. The molecule has 1 atom stereocenters. The molecule has 0 aliphatic heterocycles. The Bertz CT molecular complexity index is 514. The molecule has 1 aliphatic rings. The van der Waals surface area contributed by atoms with Gasteiger partial charge in [-0.25, -0.2) is 0 Å². The third-order valence-electron chi connectivity index (χ3n) is 4.01. The average molecular weight is 356 g/mol. The number of halogens is 1. The molecule has 0 aromatic heterocycles. The van der Waals surface area contributed by atoms with Crippen LogP contribution in [0.2, 0.25) is 0 Å². The molecule has 118 valence electrons. The fourth-order valence-electron chi connectivity index (χ4n) is 3.34. The molecule has 1 N–H and O–H groups in total. The zero-order valence-corrected chi connectivity index (χ0v) is 15.3. The maximum Gasteiger partial charge on any atom is 0.166 e. The summed E-state index contributed by atoms with van der Waals surface area (Å²) in [5.74, 6) is 1.75. The van der Waals surface area contributed by atoms with Crippen molar-refractivity contribution in [3.05, 3.63) is 21.7 Å². The minimum Gasteiger partial charge on any atom is -0.490 e. The largest absolute Gasteiger partial charge is 0.490 e. The highest BCUT2D eigenvalue weighted by atomic mass is 79.9. The van der Waals surface area contributed by atoms with Crippen LogP contribution in [0.25, 0.3) is 0 Å². The van der Waals surface area contributed by atoms with E-state index in [9.17, 15) is 0 Å². The van der Waals surface area contributed by atoms with Gasteiger partial charge in [0.25, 0.3) is 0 Å². The van der Waals surface area contributed by atoms with Crippen LogP contribution in [0.4, 0.5) is 0 Å². The average Bonchev–Trinajstić information content (AvgIpc) is 2.66. The second kappa shape index (κ2) is 6.57. The van der Waals surface area contributed by atoms with E-state index in [2.05, 4.69) is 48.1 Å². The van der Waals surface area contributed by atoms with E-state index in [-0.39, 0.29) is 5.41 Å². The van der Waals surface area contributed by atoms with Gasteiger partial charge in [-0.2, -0.15) is 0 Å². The van der Waals surface area contributed by atoms with E-state index in [4.69, 9.17) is 9.47 Å². The van der Waals surface area contributed by atoms with E-state index in [0.29, 0.717) is 19.3 Å². The molecule has 0 spiro atoms. The number of fused-ring (bicyclic) bond motifs is 1. The molecule has 0 radical (unpaired) electrons. The normalized spacial score (nSPS) is 19.4. The van der Waals surface area contributed by atoms with Gasteiger partial charge in [0, 0.05) is 16.1 Å². The van der Waals surface area contributed by atoms with Crippen LogP contribution in [0.5, 0.6) is 11.5 Å². The van der Waals surface area contributed by atoms with E-state index in [1.807, 2.05) is 13.8 Å². The van der Waals surface area contributed by atoms with Crippen LogP contribution in [-0.2, 0) is 5.41 Å². The minimum atomic E-state index is 0.123. The number of ether oxygens (including phenoxy) is 2. The van der Waals surface area contributed by atoms with E-state index >= 15 is 0 Å². The number of rotatable bonds is 6. The third kappa shape index (κ3) is 3.07. The molecular weight excluding hydrogens is 330 g/mol. The first-order valence-electron chi connectivity index (χ1n) is 7.82. The lowest BCUT2D eigenvalue weighted by atomic mass is 9.86. The topological polar surface area (TPSA) is 30.5 Å². The van der Waals surface area contributed by atoms with Crippen molar-refractivity contribution < 1.29 is 9.47 Å². The number of nitrogens with one attached hydrogen (secondary N) is 1. The van der Waals surface area contributed by atoms with Crippen molar-refractivity contribution in [2.75, 3.05) is 19.8 Å². The zero-order valence-electron chi connectivity index (χ0n) is 13.7. The van der Waals surface area contributed by atoms with Crippen molar-refractivity contribution >= 4 is 15.9 Å². The lowest BCUT2D eigenvalue weighted by Crippen LogP contribution is -2.21. The highest BCUT2D eigenvalue weighted by Crippen LogP contribution is 2.54. The Labute approximate surface area is 136 Å². The fourth-order valence-corrected chi connectivity index (χ4v) is 4.30. The summed E-state index contributed by atoms with van der Waals surface area (Å²) in [7, 11) is 0. The van der Waals surface area contributed by atoms with Crippen LogP contribution in [0.15, 0.2) is 10.5 Å². The van der Waals surface area contributed by atoms with Gasteiger partial charge in [-0.15, -0.1) is 0 Å². The zero-order chi connectivity index (χ0) is 15.6. The van der Waals surface area contributed by atoms with Gasteiger partial charge in [-0.3, -0.25) is 0 Å². The molecule has 3 nitrogen and oxygen atoms in total. The van der Waals surface area contributed by atoms with Crippen molar-refractivity contribution in [1.29, 1.82) is 0 Å². The summed E-state index contributed by atoms with van der Waals surface area (Å²) in [5, 5.41) is 3.60. The molecule has 1 unspecified atom stereocenters. The Morgan fingerprint density at radius 3 is 2.48 bits per heavy atom. The first-order valence-corrected chi connectivity index (χ1v) is 8.61. The standard InChI is InChI=1S/C17H26BrNO2/c1-6-19-12-10-17(4,5)15-11(18)9-13(20-7-2)16(14(12)15)21-8-3/h9,12,19H,6-8,10H2,1-5H3. The molecule has 0 fully saturated rings. The maximum absolute atomic E-state index is 5.97. The van der Waals surface area contributed by atoms with Gasteiger partial charge in [0.15, 0.2) is 11.5 Å². The highest BCUT2D eigenvalue weighted by molar-refractivity contribution is 9.10. The Morgan fingerprint density at radius 1 is 1.24 bits per heavy atom. The molecule has 21 heavy (non-hydrogen) atoms. The van der Waals surface area contributed by atoms with Crippen LogP contribution >= 0.6 is 15.9 Å². The van der Waals surface area contributed by atoms with Crippen LogP contribution in [0.3, 0.4) is 0 Å². The molecule has 0 saturated carbocycles. The van der Waals surface area contributed by atoms with Gasteiger partial charge in [-0.1, -0.05) is 36.7 Å². The minimum absolute atomic E-state index is 0.123. The van der Waals surface area contributed by atoms with Crippen LogP contribution in [0.1, 0.15) is 58.2 Å². The smallest absolute Gasteiger partial charge is 0.166 e. The molecule has 0 heterocycles. The molecule has 1 aliphatic carbocycles. The molecule has 0 saturated heterocycles. The summed E-state index contributed by atoms with van der Waals surface area (Å²) < 4.78 is 12.9. The monoisotopic (exact) mass is 355 g/mol. The van der Waals surface area contributed by atoms with Crippen molar-refractivity contribution in [3.63, 3.8) is 0 Å². The van der Waals surface area contributed by atoms with Crippen molar-refractivity contribution in [2.24, 2.45) is 0 Å². The van der Waals surface area contributed by atoms with Gasteiger partial charge in [0.05, 0.1) is 13.2 Å². The fraction of sp³-hybridized carbons (Fsp3) is 0.647. The number of hydrogen-bond donors (Lipinski definition) is 1. The van der Waals surface area contributed by atoms with Crippen molar-refractivity contribution in [3.8, 4) is 11.5 Å². The molecule has 1 aromatic rings. The number of hydrogen-bond acceptors (Lipinski definition) is 3. The summed E-state index contributed by atoms with van der Waals surface area (Å²) >= 11 is 3.74. The van der Waals surface area contributed by atoms with Crippen LogP contribution in [0, 0.1) is 0 Å². The van der Waals surface area contributed by atoms with Gasteiger partial charge >= 0.3 is 0 Å². The first-order chi connectivity index (χ1) is 9.96.